The van der Waals surface area contributed by atoms with Crippen molar-refractivity contribution >= 4 is 11.6 Å². The van der Waals surface area contributed by atoms with Gasteiger partial charge in [0.15, 0.2) is 0 Å². The summed E-state index contributed by atoms with van der Waals surface area (Å²) >= 11 is 0. The third-order valence-corrected chi connectivity index (χ3v) is 13.1. The van der Waals surface area contributed by atoms with Crippen LogP contribution in [0, 0.1) is 56.7 Å². The van der Waals surface area contributed by atoms with Crippen molar-refractivity contribution in [2.75, 3.05) is 0 Å². The molecule has 0 aromatic heterocycles. The molecule has 0 amide bonds. The van der Waals surface area contributed by atoms with E-state index in [4.69, 9.17) is 0 Å². The van der Waals surface area contributed by atoms with E-state index in [1.807, 2.05) is 0 Å². The van der Waals surface area contributed by atoms with Crippen molar-refractivity contribution in [3.8, 4) is 0 Å². The first kappa shape index (κ1) is 22.9. The van der Waals surface area contributed by atoms with E-state index in [9.17, 15) is 9.59 Å². The van der Waals surface area contributed by atoms with E-state index in [2.05, 4.69) is 55.0 Å². The van der Waals surface area contributed by atoms with Crippen molar-refractivity contribution in [1.29, 1.82) is 0 Å². The fourth-order valence-electron chi connectivity index (χ4n) is 11.0. The molecule has 9 unspecified atom stereocenters. The highest BCUT2D eigenvalue weighted by Gasteiger charge is 2.72. The molecule has 2 nitrogen and oxygen atoms in total. The molecule has 0 aromatic carbocycles. The first-order valence-electron chi connectivity index (χ1n) is 13.5. The van der Waals surface area contributed by atoms with Crippen LogP contribution in [-0.2, 0) is 9.59 Å². The fraction of sp³-hybridized carbons (Fsp3) is 0.867. The second-order valence-corrected chi connectivity index (χ2v) is 14.4. The van der Waals surface area contributed by atoms with E-state index in [0.717, 1.165) is 24.7 Å². The molecule has 178 valence electrons. The zero-order chi connectivity index (χ0) is 23.5. The summed E-state index contributed by atoms with van der Waals surface area (Å²) in [5.74, 6) is 3.20. The summed E-state index contributed by atoms with van der Waals surface area (Å²) in [4.78, 5) is 26.5. The summed E-state index contributed by atoms with van der Waals surface area (Å²) in [6, 6.07) is 0. The van der Waals surface area contributed by atoms with E-state index in [-0.39, 0.29) is 45.6 Å². The highest BCUT2D eigenvalue weighted by Crippen LogP contribution is 2.76. The average Bonchev–Trinajstić information content (AvgIpc) is 3.05. The third kappa shape index (κ3) is 2.48. The van der Waals surface area contributed by atoms with Gasteiger partial charge in [0.05, 0.1) is 6.42 Å². The Labute approximate surface area is 196 Å². The van der Waals surface area contributed by atoms with Gasteiger partial charge in [0, 0.05) is 10.8 Å². The van der Waals surface area contributed by atoms with Crippen LogP contribution in [0.5, 0.6) is 0 Å². The average molecular weight is 439 g/mol. The Morgan fingerprint density at radius 1 is 0.781 bits per heavy atom. The predicted octanol–water partition coefficient (Wildman–Crippen LogP) is 7.41. The summed E-state index contributed by atoms with van der Waals surface area (Å²) < 4.78 is 0. The Hall–Kier alpha value is -0.920. The highest BCUT2D eigenvalue weighted by atomic mass is 16.2. The maximum absolute atomic E-state index is 13.7. The van der Waals surface area contributed by atoms with Gasteiger partial charge in [-0.3, -0.25) is 9.59 Å². The van der Waals surface area contributed by atoms with E-state index in [1.54, 1.807) is 0 Å². The van der Waals surface area contributed by atoms with Crippen molar-refractivity contribution < 1.29 is 9.59 Å². The number of fused-ring (bicyclic) bond motifs is 7. The Morgan fingerprint density at radius 3 is 2.12 bits per heavy atom. The zero-order valence-corrected chi connectivity index (χ0v) is 21.8. The van der Waals surface area contributed by atoms with Crippen LogP contribution in [0.25, 0.3) is 0 Å². The smallest absolute Gasteiger partial charge is 0.146 e. The molecule has 0 aliphatic heterocycles. The van der Waals surface area contributed by atoms with Crippen molar-refractivity contribution in [1.82, 2.24) is 0 Å². The molecule has 5 fully saturated rings. The SMILES string of the molecule is C=C(C)C1CCC2(C)CCC3(C)C(CCC4C5(C)C(=O)CC(=O)C(C)(C)C5CCC43C)C12. The Balaban J connectivity index is 1.58. The Bertz CT molecular complexity index is 883. The van der Waals surface area contributed by atoms with E-state index in [0.29, 0.717) is 17.3 Å². The predicted molar refractivity (Wildman–Crippen MR) is 130 cm³/mol. The van der Waals surface area contributed by atoms with Gasteiger partial charge < -0.3 is 0 Å². The summed E-state index contributed by atoms with van der Waals surface area (Å²) in [6.45, 7) is 21.0. The van der Waals surface area contributed by atoms with Crippen LogP contribution in [0.3, 0.4) is 0 Å². The van der Waals surface area contributed by atoms with E-state index >= 15 is 0 Å². The molecule has 5 saturated carbocycles. The molecule has 0 spiro atoms. The largest absolute Gasteiger partial charge is 0.299 e. The van der Waals surface area contributed by atoms with Crippen LogP contribution in [0.2, 0.25) is 0 Å². The second-order valence-electron chi connectivity index (χ2n) is 14.4. The Morgan fingerprint density at radius 2 is 1.47 bits per heavy atom. The normalized spacial score (nSPS) is 54.3. The lowest BCUT2D eigenvalue weighted by atomic mass is 9.32. The fourth-order valence-corrected chi connectivity index (χ4v) is 11.0. The van der Waals surface area contributed by atoms with E-state index < -0.39 is 0 Å². The van der Waals surface area contributed by atoms with Crippen LogP contribution in [0.1, 0.15) is 106 Å². The molecule has 5 rings (SSSR count). The van der Waals surface area contributed by atoms with Crippen molar-refractivity contribution in [3.63, 3.8) is 0 Å². The second kappa shape index (κ2) is 6.60. The van der Waals surface area contributed by atoms with Crippen LogP contribution >= 0.6 is 0 Å². The van der Waals surface area contributed by atoms with Gasteiger partial charge in [-0.15, -0.1) is 0 Å². The number of carbonyl (C=O) groups excluding carboxylic acids is 2. The number of allylic oxidation sites excluding steroid dienone is 1. The molecule has 0 heterocycles. The Kier molecular flexibility index (Phi) is 4.71. The first-order valence-corrected chi connectivity index (χ1v) is 13.5. The number of ketones is 2. The first-order chi connectivity index (χ1) is 14.7. The molecule has 5 aliphatic rings. The summed E-state index contributed by atoms with van der Waals surface area (Å²) in [7, 11) is 0. The van der Waals surface area contributed by atoms with Crippen LogP contribution in [-0.4, -0.2) is 11.6 Å². The topological polar surface area (TPSA) is 34.1 Å². The minimum atomic E-state index is -0.372. The van der Waals surface area contributed by atoms with Gasteiger partial charge in [-0.1, -0.05) is 53.7 Å². The monoisotopic (exact) mass is 438 g/mol. The number of rotatable bonds is 1. The summed E-state index contributed by atoms with van der Waals surface area (Å²) in [6.07, 6.45) is 10.1. The third-order valence-electron chi connectivity index (χ3n) is 13.1. The van der Waals surface area contributed by atoms with Crippen LogP contribution < -0.4 is 0 Å². The van der Waals surface area contributed by atoms with Gasteiger partial charge in [-0.25, -0.2) is 0 Å². The summed E-state index contributed by atoms with van der Waals surface area (Å²) in [5.41, 5.74) is 1.60. The quantitative estimate of drug-likeness (QED) is 0.315. The molecule has 0 saturated heterocycles. The molecule has 5 aliphatic carbocycles. The number of hydrogen-bond donors (Lipinski definition) is 0. The number of carbonyl (C=O) groups is 2. The standard InChI is InChI=1S/C30H46O2/c1-18(2)19-11-13-27(5)15-16-28(6)20(25(19)27)9-10-22-29(28,7)14-12-21-26(3,4)23(31)17-24(32)30(21,22)8/h19-22,25H,1,9-17H2,2-8H3. The lowest BCUT2D eigenvalue weighted by molar-refractivity contribution is -0.227. The maximum Gasteiger partial charge on any atom is 0.146 e. The lowest BCUT2D eigenvalue weighted by Crippen LogP contribution is -2.68. The number of hydrogen-bond acceptors (Lipinski definition) is 2. The molecule has 0 aromatic rings. The van der Waals surface area contributed by atoms with Gasteiger partial charge in [0.25, 0.3) is 0 Å². The van der Waals surface area contributed by atoms with Gasteiger partial charge in [-0.05, 0) is 104 Å². The van der Waals surface area contributed by atoms with Crippen molar-refractivity contribution in [2.24, 2.45) is 56.7 Å². The molecule has 9 atom stereocenters. The van der Waals surface area contributed by atoms with Crippen LogP contribution in [0.4, 0.5) is 0 Å². The molecule has 0 N–H and O–H groups in total. The molecule has 2 heteroatoms. The molecule has 32 heavy (non-hydrogen) atoms. The minimum Gasteiger partial charge on any atom is -0.299 e. The minimum absolute atomic E-state index is 0.158. The molecular formula is C30H46O2. The lowest BCUT2D eigenvalue weighted by Gasteiger charge is -2.71. The van der Waals surface area contributed by atoms with Crippen molar-refractivity contribution in [2.45, 2.75) is 106 Å². The van der Waals surface area contributed by atoms with Gasteiger partial charge in [0.1, 0.15) is 11.6 Å². The molecule has 0 bridgehead atoms. The summed E-state index contributed by atoms with van der Waals surface area (Å²) in [5, 5.41) is 0. The number of Topliss-reactive ketones (excluding diaryl/α,β-unsaturated/α-hetero) is 2. The molecular weight excluding hydrogens is 392 g/mol. The van der Waals surface area contributed by atoms with Crippen molar-refractivity contribution in [3.05, 3.63) is 12.2 Å². The molecule has 0 radical (unpaired) electrons. The van der Waals surface area contributed by atoms with Gasteiger partial charge in [-0.2, -0.15) is 0 Å². The zero-order valence-electron chi connectivity index (χ0n) is 21.8. The maximum atomic E-state index is 13.7. The van der Waals surface area contributed by atoms with E-state index in [1.165, 1.54) is 44.1 Å². The van der Waals surface area contributed by atoms with Crippen LogP contribution in [0.15, 0.2) is 12.2 Å². The highest BCUT2D eigenvalue weighted by molar-refractivity contribution is 6.07. The van der Waals surface area contributed by atoms with Gasteiger partial charge >= 0.3 is 0 Å². The van der Waals surface area contributed by atoms with Gasteiger partial charge in [0.2, 0.25) is 0 Å².